The number of carbonyl (C=O) groups is 1. The van der Waals surface area contributed by atoms with Gasteiger partial charge in [0.1, 0.15) is 17.4 Å². The van der Waals surface area contributed by atoms with E-state index in [1.807, 2.05) is 24.3 Å². The molecule has 3 aromatic rings. The molecule has 3 rings (SSSR count). The molecule has 5 nitrogen and oxygen atoms in total. The third-order valence-electron chi connectivity index (χ3n) is 3.35. The van der Waals surface area contributed by atoms with E-state index in [-0.39, 0.29) is 27.4 Å². The summed E-state index contributed by atoms with van der Waals surface area (Å²) in [6.45, 7) is -0.0251. The van der Waals surface area contributed by atoms with E-state index in [9.17, 15) is 4.79 Å². The number of ether oxygens (including phenoxy) is 2. The van der Waals surface area contributed by atoms with Gasteiger partial charge in [0.15, 0.2) is 5.69 Å². The quantitative estimate of drug-likeness (QED) is 0.499. The van der Waals surface area contributed by atoms with Crippen LogP contribution in [0.3, 0.4) is 0 Å². The lowest BCUT2D eigenvalue weighted by Gasteiger charge is -2.06. The first-order valence-corrected chi connectivity index (χ1v) is 9.27. The van der Waals surface area contributed by atoms with Crippen LogP contribution in [0, 0.1) is 0 Å². The van der Waals surface area contributed by atoms with Gasteiger partial charge in [-0.1, -0.05) is 46.9 Å². The average molecular weight is 430 g/mol. The maximum atomic E-state index is 12.2. The molecule has 9 heteroatoms. The number of methoxy groups -OCH3 is 1. The molecule has 0 fully saturated rings. The van der Waals surface area contributed by atoms with Gasteiger partial charge >= 0.3 is 5.97 Å². The average Bonchev–Trinajstić information content (AvgIpc) is 3.13. The fourth-order valence-corrected chi connectivity index (χ4v) is 3.50. The highest BCUT2D eigenvalue weighted by molar-refractivity contribution is 7.13. The molecule has 0 aliphatic rings. The summed E-state index contributed by atoms with van der Waals surface area (Å²) in [5.41, 5.74) is 1.37. The van der Waals surface area contributed by atoms with Gasteiger partial charge in [0, 0.05) is 11.6 Å². The zero-order valence-electron chi connectivity index (χ0n) is 13.3. The van der Waals surface area contributed by atoms with Gasteiger partial charge < -0.3 is 9.47 Å². The second kappa shape index (κ2) is 8.22. The minimum Gasteiger partial charge on any atom is -0.496 e. The third kappa shape index (κ3) is 3.94. The normalized spacial score (nSPS) is 10.6. The van der Waals surface area contributed by atoms with Gasteiger partial charge in [-0.05, 0) is 12.1 Å². The van der Waals surface area contributed by atoms with Crippen molar-refractivity contribution < 1.29 is 14.3 Å². The van der Waals surface area contributed by atoms with Crippen molar-refractivity contribution in [3.8, 4) is 16.3 Å². The van der Waals surface area contributed by atoms with Crippen LogP contribution in [-0.2, 0) is 11.3 Å². The van der Waals surface area contributed by atoms with Crippen molar-refractivity contribution in [2.24, 2.45) is 0 Å². The van der Waals surface area contributed by atoms with Crippen LogP contribution in [0.2, 0.25) is 15.1 Å². The van der Waals surface area contributed by atoms with Crippen molar-refractivity contribution in [3.63, 3.8) is 0 Å². The molecule has 0 radical (unpaired) electrons. The topological polar surface area (TPSA) is 61.3 Å². The Morgan fingerprint density at radius 2 is 1.96 bits per heavy atom. The fourth-order valence-electron chi connectivity index (χ4n) is 2.11. The number of pyridine rings is 1. The molecule has 0 atom stereocenters. The van der Waals surface area contributed by atoms with Gasteiger partial charge in [-0.2, -0.15) is 0 Å². The fraction of sp³-hybridized carbons (Fsp3) is 0.118. The van der Waals surface area contributed by atoms with Crippen LogP contribution in [0.5, 0.6) is 5.75 Å². The molecular weight excluding hydrogens is 419 g/mol. The van der Waals surface area contributed by atoms with E-state index in [4.69, 9.17) is 44.3 Å². The summed E-state index contributed by atoms with van der Waals surface area (Å²) in [4.78, 5) is 20.5. The van der Waals surface area contributed by atoms with E-state index in [0.717, 1.165) is 16.3 Å². The molecular formula is C17H11Cl3N2O3S. The van der Waals surface area contributed by atoms with Gasteiger partial charge in [-0.15, -0.1) is 11.3 Å². The molecule has 0 spiro atoms. The van der Waals surface area contributed by atoms with E-state index >= 15 is 0 Å². The Morgan fingerprint density at radius 1 is 1.19 bits per heavy atom. The number of hydrogen-bond donors (Lipinski definition) is 0. The lowest BCUT2D eigenvalue weighted by Crippen LogP contribution is -2.08. The summed E-state index contributed by atoms with van der Waals surface area (Å²) in [6, 6.07) is 7.55. The second-order valence-corrected chi connectivity index (χ2v) is 7.02. The number of carbonyl (C=O) groups excluding carboxylic acids is 1. The van der Waals surface area contributed by atoms with Crippen molar-refractivity contribution in [2.45, 2.75) is 6.61 Å². The standard InChI is InChI=1S/C17H11Cl3N2O3S/c1-24-12-5-3-2-4-10(12)16-22-9(8-26-16)7-25-17(23)15-14(20)13(19)11(18)6-21-15/h2-6,8H,7H2,1H3. The number of hydrogen-bond acceptors (Lipinski definition) is 6. The Morgan fingerprint density at radius 3 is 2.73 bits per heavy atom. The number of nitrogens with zero attached hydrogens (tertiary/aromatic N) is 2. The molecule has 0 amide bonds. The van der Waals surface area contributed by atoms with Gasteiger partial charge in [0.25, 0.3) is 0 Å². The van der Waals surface area contributed by atoms with Crippen molar-refractivity contribution >= 4 is 52.1 Å². The predicted molar refractivity (Wildman–Crippen MR) is 102 cm³/mol. The van der Waals surface area contributed by atoms with Crippen molar-refractivity contribution in [1.29, 1.82) is 0 Å². The van der Waals surface area contributed by atoms with Crippen LogP contribution in [0.4, 0.5) is 0 Å². The number of thiazole rings is 1. The molecule has 2 aromatic heterocycles. The zero-order valence-corrected chi connectivity index (χ0v) is 16.4. The number of rotatable bonds is 5. The maximum absolute atomic E-state index is 12.2. The van der Waals surface area contributed by atoms with E-state index in [1.165, 1.54) is 17.5 Å². The highest BCUT2D eigenvalue weighted by atomic mass is 35.5. The first kappa shape index (κ1) is 18.9. The monoisotopic (exact) mass is 428 g/mol. The summed E-state index contributed by atoms with van der Waals surface area (Å²) < 4.78 is 10.6. The largest absolute Gasteiger partial charge is 0.496 e. The number of esters is 1. The lowest BCUT2D eigenvalue weighted by atomic mass is 10.2. The Bertz CT molecular complexity index is 962. The summed E-state index contributed by atoms with van der Waals surface area (Å²) in [5, 5.41) is 2.74. The zero-order chi connectivity index (χ0) is 18.7. The van der Waals surface area contributed by atoms with E-state index in [1.54, 1.807) is 12.5 Å². The molecule has 0 bridgehead atoms. The van der Waals surface area contributed by atoms with Crippen molar-refractivity contribution in [3.05, 3.63) is 62.3 Å². The van der Waals surface area contributed by atoms with Crippen LogP contribution in [0.1, 0.15) is 16.2 Å². The van der Waals surface area contributed by atoms with E-state index in [0.29, 0.717) is 5.69 Å². The Labute approximate surface area is 168 Å². The van der Waals surface area contributed by atoms with E-state index in [2.05, 4.69) is 9.97 Å². The maximum Gasteiger partial charge on any atom is 0.358 e. The summed E-state index contributed by atoms with van der Waals surface area (Å²) in [6.07, 6.45) is 1.25. The molecule has 0 unspecified atom stereocenters. The molecule has 0 N–H and O–H groups in total. The number of benzene rings is 1. The van der Waals surface area contributed by atoms with Gasteiger partial charge in [-0.25, -0.2) is 14.8 Å². The minimum atomic E-state index is -0.708. The van der Waals surface area contributed by atoms with Crippen LogP contribution in [0.25, 0.3) is 10.6 Å². The predicted octanol–water partition coefficient (Wildman–Crippen LogP) is 5.53. The lowest BCUT2D eigenvalue weighted by molar-refractivity contribution is 0.0462. The Hall–Kier alpha value is -1.86. The van der Waals surface area contributed by atoms with Crippen LogP contribution < -0.4 is 4.74 Å². The highest BCUT2D eigenvalue weighted by Crippen LogP contribution is 2.33. The first-order chi connectivity index (χ1) is 12.5. The Kier molecular flexibility index (Phi) is 5.98. The summed E-state index contributed by atoms with van der Waals surface area (Å²) in [7, 11) is 1.60. The molecule has 26 heavy (non-hydrogen) atoms. The second-order valence-electron chi connectivity index (χ2n) is 5.00. The van der Waals surface area contributed by atoms with Crippen LogP contribution >= 0.6 is 46.1 Å². The van der Waals surface area contributed by atoms with E-state index < -0.39 is 5.97 Å². The van der Waals surface area contributed by atoms with Crippen molar-refractivity contribution in [1.82, 2.24) is 9.97 Å². The number of aromatic nitrogens is 2. The SMILES string of the molecule is COc1ccccc1-c1nc(COC(=O)c2ncc(Cl)c(Cl)c2Cl)cs1. The smallest absolute Gasteiger partial charge is 0.358 e. The molecule has 134 valence electrons. The van der Waals surface area contributed by atoms with Crippen LogP contribution in [0.15, 0.2) is 35.8 Å². The highest BCUT2D eigenvalue weighted by Gasteiger charge is 2.19. The number of halogens is 3. The third-order valence-corrected chi connectivity index (χ3v) is 5.52. The molecule has 2 heterocycles. The van der Waals surface area contributed by atoms with Gasteiger partial charge in [0.2, 0.25) is 0 Å². The molecule has 0 saturated heterocycles. The molecule has 1 aromatic carbocycles. The minimum absolute atomic E-state index is 0.0251. The van der Waals surface area contributed by atoms with Crippen molar-refractivity contribution in [2.75, 3.05) is 7.11 Å². The molecule has 0 saturated carbocycles. The molecule has 0 aliphatic carbocycles. The summed E-state index contributed by atoms with van der Waals surface area (Å²) in [5.74, 6) is 0.0117. The van der Waals surface area contributed by atoms with Gasteiger partial charge in [-0.3, -0.25) is 0 Å². The Balaban J connectivity index is 1.72. The first-order valence-electron chi connectivity index (χ1n) is 7.25. The van der Waals surface area contributed by atoms with Crippen LogP contribution in [-0.4, -0.2) is 23.0 Å². The van der Waals surface area contributed by atoms with Gasteiger partial charge in [0.05, 0.1) is 33.4 Å². The molecule has 0 aliphatic heterocycles. The number of para-hydroxylation sites is 1. The summed E-state index contributed by atoms with van der Waals surface area (Å²) >= 11 is 19.1.